The van der Waals surface area contributed by atoms with Gasteiger partial charge in [-0.1, -0.05) is 29.8 Å². The predicted molar refractivity (Wildman–Crippen MR) is 136 cm³/mol. The van der Waals surface area contributed by atoms with Crippen LogP contribution in [0.2, 0.25) is 0 Å². The lowest BCUT2D eigenvalue weighted by Gasteiger charge is -2.42. The summed E-state index contributed by atoms with van der Waals surface area (Å²) in [5.74, 6) is 0.975. The van der Waals surface area contributed by atoms with Gasteiger partial charge in [0.15, 0.2) is 5.76 Å². The van der Waals surface area contributed by atoms with Crippen molar-refractivity contribution in [1.82, 2.24) is 19.4 Å². The third-order valence-corrected chi connectivity index (χ3v) is 6.97. The second-order valence-electron chi connectivity index (χ2n) is 9.41. The van der Waals surface area contributed by atoms with E-state index in [0.29, 0.717) is 42.1 Å². The highest BCUT2D eigenvalue weighted by Crippen LogP contribution is 2.27. The van der Waals surface area contributed by atoms with Crippen LogP contribution in [0.3, 0.4) is 0 Å². The van der Waals surface area contributed by atoms with Gasteiger partial charge < -0.3 is 9.32 Å². The van der Waals surface area contributed by atoms with E-state index < -0.39 is 0 Å². The first-order valence-corrected chi connectivity index (χ1v) is 12.0. The van der Waals surface area contributed by atoms with Gasteiger partial charge in [0, 0.05) is 25.7 Å². The number of fused-ring (bicyclic) bond motifs is 1. The van der Waals surface area contributed by atoms with E-state index >= 15 is 0 Å². The highest BCUT2D eigenvalue weighted by atomic mass is 16.3. The average Bonchev–Trinajstić information content (AvgIpc) is 3.39. The largest absolute Gasteiger partial charge is 0.459 e. The van der Waals surface area contributed by atoms with Crippen LogP contribution in [0.1, 0.15) is 47.4 Å². The van der Waals surface area contributed by atoms with Gasteiger partial charge in [0.05, 0.1) is 28.9 Å². The molecule has 0 saturated carbocycles. The molecule has 2 atom stereocenters. The highest BCUT2D eigenvalue weighted by Gasteiger charge is 2.33. The van der Waals surface area contributed by atoms with Crippen LogP contribution in [0.15, 0.2) is 70.1 Å². The third kappa shape index (κ3) is 4.17. The van der Waals surface area contributed by atoms with Crippen LogP contribution in [0.4, 0.5) is 0 Å². The minimum atomic E-state index is -0.128. The molecule has 1 aliphatic heterocycles. The van der Waals surface area contributed by atoms with Gasteiger partial charge in [0.2, 0.25) is 0 Å². The number of amides is 1. The molecule has 180 valence electrons. The second-order valence-corrected chi connectivity index (χ2v) is 9.41. The van der Waals surface area contributed by atoms with E-state index in [-0.39, 0.29) is 23.6 Å². The summed E-state index contributed by atoms with van der Waals surface area (Å²) in [6.45, 7) is 10.1. The molecule has 2 aromatic carbocycles. The summed E-state index contributed by atoms with van der Waals surface area (Å²) in [6, 6.07) is 16.9. The Morgan fingerprint density at radius 1 is 1.09 bits per heavy atom. The fourth-order valence-corrected chi connectivity index (χ4v) is 5.06. The summed E-state index contributed by atoms with van der Waals surface area (Å²) in [4.78, 5) is 35.8. The summed E-state index contributed by atoms with van der Waals surface area (Å²) in [5, 5.41) is 0.602. The zero-order chi connectivity index (χ0) is 24.7. The first-order valence-electron chi connectivity index (χ1n) is 12.0. The molecule has 0 bridgehead atoms. The van der Waals surface area contributed by atoms with Crippen LogP contribution in [0.5, 0.6) is 0 Å². The molecular formula is C28H30N4O3. The molecule has 4 aromatic rings. The molecule has 0 aliphatic carbocycles. The number of carbonyl (C=O) groups is 1. The van der Waals surface area contributed by atoms with Crippen molar-refractivity contribution in [2.45, 2.75) is 39.8 Å². The Morgan fingerprint density at radius 2 is 1.89 bits per heavy atom. The maximum Gasteiger partial charge on any atom is 0.289 e. The smallest absolute Gasteiger partial charge is 0.289 e. The van der Waals surface area contributed by atoms with Crippen molar-refractivity contribution in [3.05, 3.63) is 93.9 Å². The maximum atomic E-state index is 13.8. The minimum absolute atomic E-state index is 0.00876. The number of nitrogens with zero attached hydrogens (tertiary/aromatic N) is 4. The summed E-state index contributed by atoms with van der Waals surface area (Å²) in [5.41, 5.74) is 3.65. The summed E-state index contributed by atoms with van der Waals surface area (Å²) >= 11 is 0. The van der Waals surface area contributed by atoms with Crippen molar-refractivity contribution in [1.29, 1.82) is 0 Å². The normalized spacial score (nSPS) is 17.6. The standard InChI is InChI=1S/C28H30N4O3/c1-18-11-12-24(19(2)16-18)32-26(29-23-9-6-5-8-22(23)27(32)33)21(4)30-13-14-31(20(3)17-30)28(34)25-10-7-15-35-25/h5-12,15-16,20-21H,13-14,17H2,1-4H3. The monoisotopic (exact) mass is 470 g/mol. The number of furan rings is 1. The number of para-hydroxylation sites is 1. The molecule has 1 amide bonds. The number of aromatic nitrogens is 2. The number of aryl methyl sites for hydroxylation is 2. The maximum absolute atomic E-state index is 13.8. The van der Waals surface area contributed by atoms with E-state index in [0.717, 1.165) is 16.8 Å². The molecular weight excluding hydrogens is 440 g/mol. The quantitative estimate of drug-likeness (QED) is 0.439. The molecule has 0 N–H and O–H groups in total. The van der Waals surface area contributed by atoms with Gasteiger partial charge in [-0.25, -0.2) is 4.98 Å². The molecule has 2 aromatic heterocycles. The van der Waals surface area contributed by atoms with Gasteiger partial charge in [-0.15, -0.1) is 0 Å². The first kappa shape index (κ1) is 23.1. The van der Waals surface area contributed by atoms with Crippen molar-refractivity contribution >= 4 is 16.8 Å². The number of hydrogen-bond acceptors (Lipinski definition) is 5. The third-order valence-electron chi connectivity index (χ3n) is 6.97. The molecule has 7 heteroatoms. The Hall–Kier alpha value is -3.71. The predicted octanol–water partition coefficient (Wildman–Crippen LogP) is 4.50. The number of hydrogen-bond donors (Lipinski definition) is 0. The van der Waals surface area contributed by atoms with E-state index in [1.54, 1.807) is 16.7 Å². The lowest BCUT2D eigenvalue weighted by molar-refractivity contribution is 0.0368. The summed E-state index contributed by atoms with van der Waals surface area (Å²) < 4.78 is 7.10. The Balaban J connectivity index is 1.53. The minimum Gasteiger partial charge on any atom is -0.459 e. The Bertz CT molecular complexity index is 1440. The molecule has 2 unspecified atom stereocenters. The van der Waals surface area contributed by atoms with E-state index in [4.69, 9.17) is 9.40 Å². The Kier molecular flexibility index (Phi) is 6.03. The van der Waals surface area contributed by atoms with Gasteiger partial charge in [-0.2, -0.15) is 0 Å². The zero-order valence-electron chi connectivity index (χ0n) is 20.6. The number of benzene rings is 2. The fourth-order valence-electron chi connectivity index (χ4n) is 5.06. The van der Waals surface area contributed by atoms with E-state index in [1.165, 1.54) is 6.26 Å². The lowest BCUT2D eigenvalue weighted by atomic mass is 10.1. The first-order chi connectivity index (χ1) is 16.8. The zero-order valence-corrected chi connectivity index (χ0v) is 20.6. The van der Waals surface area contributed by atoms with Crippen LogP contribution in [-0.2, 0) is 0 Å². The number of rotatable bonds is 4. The van der Waals surface area contributed by atoms with Crippen LogP contribution in [0, 0.1) is 13.8 Å². The van der Waals surface area contributed by atoms with Crippen molar-refractivity contribution < 1.29 is 9.21 Å². The SMILES string of the molecule is Cc1ccc(-n2c(C(C)N3CCN(C(=O)c4ccco4)C(C)C3)nc3ccccc3c2=O)c(C)c1. The molecule has 1 fully saturated rings. The molecule has 0 spiro atoms. The van der Waals surface area contributed by atoms with Crippen molar-refractivity contribution in [3.63, 3.8) is 0 Å². The van der Waals surface area contributed by atoms with E-state index in [2.05, 4.69) is 17.9 Å². The van der Waals surface area contributed by atoms with E-state index in [1.807, 2.05) is 62.1 Å². The molecule has 0 radical (unpaired) electrons. The van der Waals surface area contributed by atoms with Crippen molar-refractivity contribution in [3.8, 4) is 5.69 Å². The van der Waals surface area contributed by atoms with Crippen LogP contribution in [-0.4, -0.2) is 50.9 Å². The fraction of sp³-hybridized carbons (Fsp3) is 0.321. The van der Waals surface area contributed by atoms with Crippen LogP contribution >= 0.6 is 0 Å². The number of piperazine rings is 1. The van der Waals surface area contributed by atoms with Gasteiger partial charge in [-0.05, 0) is 63.6 Å². The molecule has 1 aliphatic rings. The summed E-state index contributed by atoms with van der Waals surface area (Å²) in [7, 11) is 0. The Morgan fingerprint density at radius 3 is 2.60 bits per heavy atom. The highest BCUT2D eigenvalue weighted by molar-refractivity contribution is 5.91. The van der Waals surface area contributed by atoms with Gasteiger partial charge in [0.25, 0.3) is 11.5 Å². The van der Waals surface area contributed by atoms with Gasteiger partial charge >= 0.3 is 0 Å². The molecule has 5 rings (SSSR count). The van der Waals surface area contributed by atoms with Crippen LogP contribution in [0.25, 0.3) is 16.6 Å². The van der Waals surface area contributed by atoms with Crippen LogP contribution < -0.4 is 5.56 Å². The molecule has 1 saturated heterocycles. The Labute approximate surface area is 204 Å². The molecule has 35 heavy (non-hydrogen) atoms. The van der Waals surface area contributed by atoms with Gasteiger partial charge in [-0.3, -0.25) is 19.1 Å². The summed E-state index contributed by atoms with van der Waals surface area (Å²) in [6.07, 6.45) is 1.52. The van der Waals surface area contributed by atoms with Gasteiger partial charge in [0.1, 0.15) is 5.82 Å². The van der Waals surface area contributed by atoms with E-state index in [9.17, 15) is 9.59 Å². The molecule has 3 heterocycles. The van der Waals surface area contributed by atoms with Crippen molar-refractivity contribution in [2.24, 2.45) is 0 Å². The average molecular weight is 471 g/mol. The number of carbonyl (C=O) groups excluding carboxylic acids is 1. The lowest BCUT2D eigenvalue weighted by Crippen LogP contribution is -2.54. The topological polar surface area (TPSA) is 71.6 Å². The second kappa shape index (κ2) is 9.15. The van der Waals surface area contributed by atoms with Crippen molar-refractivity contribution in [2.75, 3.05) is 19.6 Å². The molecule has 7 nitrogen and oxygen atoms in total.